The van der Waals surface area contributed by atoms with Crippen molar-refractivity contribution in [3.05, 3.63) is 35.9 Å². The van der Waals surface area contributed by atoms with E-state index >= 15 is 0 Å². The number of aliphatic hydroxyl groups is 1. The van der Waals surface area contributed by atoms with Crippen LogP contribution in [0.4, 0.5) is 4.79 Å². The molecule has 23 heavy (non-hydrogen) atoms. The van der Waals surface area contributed by atoms with Gasteiger partial charge in [0.2, 0.25) is 0 Å². The van der Waals surface area contributed by atoms with E-state index in [4.69, 9.17) is 0 Å². The second-order valence-corrected chi connectivity index (χ2v) is 6.92. The number of benzene rings is 1. The molecule has 2 aliphatic rings. The molecule has 2 N–H and O–H groups in total. The maximum absolute atomic E-state index is 12.8. The van der Waals surface area contributed by atoms with Crippen molar-refractivity contribution < 1.29 is 9.90 Å². The third-order valence-electron chi connectivity index (χ3n) is 5.22. The average molecular weight is 316 g/mol. The standard InChI is InChI=1S/C19H28N2O2/c22-17-12-10-16(11-13-17)20-19(23)21-14-6-2-5-9-18(21)15-7-3-1-4-8-15/h1,3-4,7-8,16-18,22H,2,5-6,9-14H2,(H,20,23). The molecule has 1 atom stereocenters. The van der Waals surface area contributed by atoms with Gasteiger partial charge in [0.1, 0.15) is 0 Å². The Morgan fingerprint density at radius 2 is 1.74 bits per heavy atom. The van der Waals surface area contributed by atoms with E-state index in [-0.39, 0.29) is 24.2 Å². The third-order valence-corrected chi connectivity index (χ3v) is 5.22. The fraction of sp³-hybridized carbons (Fsp3) is 0.632. The summed E-state index contributed by atoms with van der Waals surface area (Å²) in [6.45, 7) is 0.834. The van der Waals surface area contributed by atoms with E-state index in [1.54, 1.807) is 0 Å². The Balaban J connectivity index is 1.68. The van der Waals surface area contributed by atoms with Gasteiger partial charge in [-0.25, -0.2) is 4.79 Å². The van der Waals surface area contributed by atoms with Crippen molar-refractivity contribution in [1.82, 2.24) is 10.2 Å². The molecule has 1 aromatic rings. The molecule has 3 rings (SSSR count). The molecule has 2 fully saturated rings. The van der Waals surface area contributed by atoms with Gasteiger partial charge in [-0.05, 0) is 44.1 Å². The molecule has 0 spiro atoms. The Labute approximate surface area is 138 Å². The summed E-state index contributed by atoms with van der Waals surface area (Å²) in [5.74, 6) is 0. The molecule has 1 unspecified atom stereocenters. The normalized spacial score (nSPS) is 28.9. The molecule has 1 aliphatic heterocycles. The van der Waals surface area contributed by atoms with Crippen molar-refractivity contribution in [3.8, 4) is 0 Å². The number of aliphatic hydroxyl groups excluding tert-OH is 1. The zero-order chi connectivity index (χ0) is 16.1. The molecule has 1 saturated heterocycles. The summed E-state index contributed by atoms with van der Waals surface area (Å²) < 4.78 is 0. The number of rotatable bonds is 2. The van der Waals surface area contributed by atoms with Crippen molar-refractivity contribution in [1.29, 1.82) is 0 Å². The average Bonchev–Trinajstić information content (AvgIpc) is 2.84. The lowest BCUT2D eigenvalue weighted by molar-refractivity contribution is 0.113. The number of amides is 2. The number of likely N-dealkylation sites (tertiary alicyclic amines) is 1. The summed E-state index contributed by atoms with van der Waals surface area (Å²) in [6.07, 6.45) is 7.69. The number of hydrogen-bond acceptors (Lipinski definition) is 2. The molecule has 1 heterocycles. The van der Waals surface area contributed by atoms with Gasteiger partial charge < -0.3 is 15.3 Å². The van der Waals surface area contributed by atoms with E-state index in [2.05, 4.69) is 29.6 Å². The van der Waals surface area contributed by atoms with Crippen molar-refractivity contribution in [2.75, 3.05) is 6.54 Å². The first-order valence-corrected chi connectivity index (χ1v) is 9.04. The van der Waals surface area contributed by atoms with E-state index in [0.29, 0.717) is 0 Å². The van der Waals surface area contributed by atoms with Crippen molar-refractivity contribution in [3.63, 3.8) is 0 Å². The maximum atomic E-state index is 12.8. The Morgan fingerprint density at radius 1 is 1.00 bits per heavy atom. The molecule has 1 saturated carbocycles. The minimum atomic E-state index is -0.182. The number of hydrogen-bond donors (Lipinski definition) is 2. The van der Waals surface area contributed by atoms with Crippen molar-refractivity contribution >= 4 is 6.03 Å². The van der Waals surface area contributed by atoms with Crippen LogP contribution in [0.1, 0.15) is 63.0 Å². The number of carbonyl (C=O) groups is 1. The van der Waals surface area contributed by atoms with Gasteiger partial charge in [-0.1, -0.05) is 43.2 Å². The molecule has 126 valence electrons. The van der Waals surface area contributed by atoms with Crippen LogP contribution < -0.4 is 5.32 Å². The van der Waals surface area contributed by atoms with Crippen LogP contribution in [0.3, 0.4) is 0 Å². The lowest BCUT2D eigenvalue weighted by Crippen LogP contribution is -2.47. The molecular formula is C19H28N2O2. The smallest absolute Gasteiger partial charge is 0.318 e. The number of nitrogens with zero attached hydrogens (tertiary/aromatic N) is 1. The second kappa shape index (κ2) is 7.82. The van der Waals surface area contributed by atoms with E-state index in [0.717, 1.165) is 45.1 Å². The number of urea groups is 1. The minimum absolute atomic E-state index is 0.0714. The Hall–Kier alpha value is -1.55. The highest BCUT2D eigenvalue weighted by atomic mass is 16.3. The van der Waals surface area contributed by atoms with Gasteiger partial charge in [-0.15, -0.1) is 0 Å². The van der Waals surface area contributed by atoms with Crippen molar-refractivity contribution in [2.24, 2.45) is 0 Å². The van der Waals surface area contributed by atoms with Crippen LogP contribution in [-0.2, 0) is 0 Å². The molecule has 1 aromatic carbocycles. The number of nitrogens with one attached hydrogen (secondary N) is 1. The summed E-state index contributed by atoms with van der Waals surface area (Å²) in [5.41, 5.74) is 1.24. The first kappa shape index (κ1) is 16.3. The van der Waals surface area contributed by atoms with Gasteiger partial charge in [0, 0.05) is 12.6 Å². The molecule has 0 radical (unpaired) electrons. The lowest BCUT2D eigenvalue weighted by Gasteiger charge is -2.34. The molecule has 2 amide bonds. The van der Waals surface area contributed by atoms with E-state index in [1.165, 1.54) is 18.4 Å². The van der Waals surface area contributed by atoms with Crippen LogP contribution in [0.15, 0.2) is 30.3 Å². The topological polar surface area (TPSA) is 52.6 Å². The quantitative estimate of drug-likeness (QED) is 0.875. The summed E-state index contributed by atoms with van der Waals surface area (Å²) >= 11 is 0. The molecule has 4 nitrogen and oxygen atoms in total. The third kappa shape index (κ3) is 4.25. The number of carbonyl (C=O) groups excluding carboxylic acids is 1. The highest BCUT2D eigenvalue weighted by Crippen LogP contribution is 2.30. The first-order chi connectivity index (χ1) is 11.2. The van der Waals surface area contributed by atoms with Crippen LogP contribution in [0, 0.1) is 0 Å². The molecule has 0 bridgehead atoms. The first-order valence-electron chi connectivity index (χ1n) is 9.04. The van der Waals surface area contributed by atoms with Crippen LogP contribution in [0.25, 0.3) is 0 Å². The van der Waals surface area contributed by atoms with E-state index in [1.807, 2.05) is 11.0 Å². The zero-order valence-corrected chi connectivity index (χ0v) is 13.8. The summed E-state index contributed by atoms with van der Waals surface area (Å²) in [4.78, 5) is 14.9. The maximum Gasteiger partial charge on any atom is 0.318 e. The van der Waals surface area contributed by atoms with Gasteiger partial charge >= 0.3 is 6.03 Å². The molecule has 4 heteroatoms. The molecule has 0 aromatic heterocycles. The van der Waals surface area contributed by atoms with Gasteiger partial charge in [-0.2, -0.15) is 0 Å². The Kier molecular flexibility index (Phi) is 5.55. The fourth-order valence-electron chi connectivity index (χ4n) is 3.85. The minimum Gasteiger partial charge on any atom is -0.393 e. The SMILES string of the molecule is O=C(NC1CCC(O)CC1)N1CCCCCC1c1ccccc1. The monoisotopic (exact) mass is 316 g/mol. The second-order valence-electron chi connectivity index (χ2n) is 6.92. The van der Waals surface area contributed by atoms with Crippen LogP contribution >= 0.6 is 0 Å². The van der Waals surface area contributed by atoms with Gasteiger partial charge in [0.25, 0.3) is 0 Å². The highest BCUT2D eigenvalue weighted by Gasteiger charge is 2.29. The van der Waals surface area contributed by atoms with Crippen LogP contribution in [-0.4, -0.2) is 34.7 Å². The fourth-order valence-corrected chi connectivity index (χ4v) is 3.85. The summed E-state index contributed by atoms with van der Waals surface area (Å²) in [7, 11) is 0. The summed E-state index contributed by atoms with van der Waals surface area (Å²) in [6, 6.07) is 10.9. The predicted molar refractivity (Wildman–Crippen MR) is 91.2 cm³/mol. The van der Waals surface area contributed by atoms with Crippen LogP contribution in [0.5, 0.6) is 0 Å². The van der Waals surface area contributed by atoms with Gasteiger partial charge in [0.05, 0.1) is 12.1 Å². The van der Waals surface area contributed by atoms with Gasteiger partial charge in [-0.3, -0.25) is 0 Å². The lowest BCUT2D eigenvalue weighted by atomic mass is 9.93. The van der Waals surface area contributed by atoms with Crippen LogP contribution in [0.2, 0.25) is 0 Å². The Morgan fingerprint density at radius 3 is 2.48 bits per heavy atom. The molecular weight excluding hydrogens is 288 g/mol. The largest absolute Gasteiger partial charge is 0.393 e. The van der Waals surface area contributed by atoms with Crippen molar-refractivity contribution in [2.45, 2.75) is 69.6 Å². The highest BCUT2D eigenvalue weighted by molar-refractivity contribution is 5.75. The van der Waals surface area contributed by atoms with Gasteiger partial charge in [0.15, 0.2) is 0 Å². The van der Waals surface area contributed by atoms with E-state index < -0.39 is 0 Å². The predicted octanol–water partition coefficient (Wildman–Crippen LogP) is 3.62. The zero-order valence-electron chi connectivity index (χ0n) is 13.8. The molecule has 1 aliphatic carbocycles. The van der Waals surface area contributed by atoms with E-state index in [9.17, 15) is 9.90 Å². The summed E-state index contributed by atoms with van der Waals surface area (Å²) in [5, 5.41) is 12.8. The Bertz CT molecular complexity index is 497.